The predicted octanol–water partition coefficient (Wildman–Crippen LogP) is 2.46. The van der Waals surface area contributed by atoms with E-state index in [1.54, 1.807) is 7.11 Å². The minimum absolute atomic E-state index is 0.700. The maximum atomic E-state index is 5.22. The Labute approximate surface area is 111 Å². The molecular weight excluding hydrogens is 232 g/mol. The highest BCUT2D eigenvalue weighted by Gasteiger charge is 2.11. The molecule has 3 nitrogen and oxygen atoms in total. The molecule has 0 spiro atoms. The number of rotatable bonds is 5. The van der Waals surface area contributed by atoms with Gasteiger partial charge in [0, 0.05) is 20.2 Å². The van der Waals surface area contributed by atoms with E-state index in [1.165, 1.54) is 44.9 Å². The molecule has 1 saturated carbocycles. The largest absolute Gasteiger partial charge is 0.383 e. The second kappa shape index (κ2) is 9.66. The summed E-state index contributed by atoms with van der Waals surface area (Å²) in [6.07, 6.45) is 9.73. The van der Waals surface area contributed by atoms with Gasteiger partial charge in [0.25, 0.3) is 0 Å². The van der Waals surface area contributed by atoms with Crippen molar-refractivity contribution in [3.63, 3.8) is 0 Å². The summed E-state index contributed by atoms with van der Waals surface area (Å²) in [6.45, 7) is 2.51. The van der Waals surface area contributed by atoms with Crippen LogP contribution in [0.25, 0.3) is 0 Å². The van der Waals surface area contributed by atoms with E-state index in [1.807, 2.05) is 0 Å². The predicted molar refractivity (Wildman–Crippen MR) is 76.3 cm³/mol. The number of ether oxygens (including phenoxy) is 1. The molecule has 0 saturated heterocycles. The van der Waals surface area contributed by atoms with Crippen LogP contribution in [0.4, 0.5) is 0 Å². The molecule has 2 N–H and O–H groups in total. The van der Waals surface area contributed by atoms with Gasteiger partial charge in [-0.1, -0.05) is 32.1 Å². The van der Waals surface area contributed by atoms with Crippen LogP contribution < -0.4 is 10.6 Å². The lowest BCUT2D eigenvalue weighted by Crippen LogP contribution is -2.39. The number of hydrogen-bond donors (Lipinski definition) is 2. The fourth-order valence-electron chi connectivity index (χ4n) is 2.31. The van der Waals surface area contributed by atoms with E-state index in [0.717, 1.165) is 24.1 Å². The first-order valence-corrected chi connectivity index (χ1v) is 7.24. The first-order chi connectivity index (χ1) is 8.33. The summed E-state index contributed by atoms with van der Waals surface area (Å²) in [5, 5.41) is 7.24. The fourth-order valence-corrected chi connectivity index (χ4v) is 2.50. The summed E-state index contributed by atoms with van der Waals surface area (Å²) in [5.41, 5.74) is 0. The molecule has 0 aromatic rings. The van der Waals surface area contributed by atoms with Crippen LogP contribution in [0.3, 0.4) is 0 Å². The van der Waals surface area contributed by atoms with Crippen LogP contribution in [0, 0.1) is 5.92 Å². The summed E-state index contributed by atoms with van der Waals surface area (Å²) in [6, 6.07) is 0. The van der Waals surface area contributed by atoms with E-state index >= 15 is 0 Å². The molecule has 0 bridgehead atoms. The molecule has 0 aliphatic heterocycles. The smallest absolute Gasteiger partial charge is 0.166 e. The second-order valence-corrected chi connectivity index (χ2v) is 5.25. The van der Waals surface area contributed by atoms with Crippen molar-refractivity contribution >= 4 is 17.3 Å². The zero-order chi connectivity index (χ0) is 12.3. The van der Waals surface area contributed by atoms with E-state index in [2.05, 4.69) is 10.6 Å². The number of nitrogens with one attached hydrogen (secondary N) is 2. The normalized spacial score (nSPS) is 18.2. The third-order valence-electron chi connectivity index (χ3n) is 3.37. The first-order valence-electron chi connectivity index (χ1n) is 6.83. The average Bonchev–Trinajstić information content (AvgIpc) is 2.28. The summed E-state index contributed by atoms with van der Waals surface area (Å²) in [7, 11) is 1.70. The van der Waals surface area contributed by atoms with Gasteiger partial charge in [-0.25, -0.2) is 0 Å². The SMILES string of the molecule is COCCNC(=S)NCC1CCCCCCC1. The molecule has 1 fully saturated rings. The zero-order valence-electron chi connectivity index (χ0n) is 11.0. The van der Waals surface area contributed by atoms with Gasteiger partial charge in [0.1, 0.15) is 0 Å². The number of hydrogen-bond acceptors (Lipinski definition) is 2. The molecule has 0 atom stereocenters. The molecule has 1 aliphatic rings. The van der Waals surface area contributed by atoms with Crippen LogP contribution >= 0.6 is 12.2 Å². The van der Waals surface area contributed by atoms with Crippen molar-refractivity contribution in [3.05, 3.63) is 0 Å². The van der Waals surface area contributed by atoms with Crippen LogP contribution in [-0.4, -0.2) is 31.9 Å². The average molecular weight is 258 g/mol. The molecule has 0 aromatic carbocycles. The van der Waals surface area contributed by atoms with Gasteiger partial charge in [-0.05, 0) is 31.0 Å². The molecule has 0 amide bonds. The Morgan fingerprint density at radius 1 is 1.12 bits per heavy atom. The zero-order valence-corrected chi connectivity index (χ0v) is 11.8. The molecule has 4 heteroatoms. The Bertz CT molecular complexity index is 204. The van der Waals surface area contributed by atoms with Crippen molar-refractivity contribution in [2.45, 2.75) is 44.9 Å². The molecule has 100 valence electrons. The van der Waals surface area contributed by atoms with Gasteiger partial charge in [-0.2, -0.15) is 0 Å². The first kappa shape index (κ1) is 14.7. The van der Waals surface area contributed by atoms with Crippen LogP contribution in [0.1, 0.15) is 44.9 Å². The van der Waals surface area contributed by atoms with Crippen molar-refractivity contribution in [1.82, 2.24) is 10.6 Å². The standard InChI is InChI=1S/C13H26N2OS/c1-16-10-9-14-13(17)15-11-12-7-5-3-2-4-6-8-12/h12H,2-11H2,1H3,(H2,14,15,17). The lowest BCUT2D eigenvalue weighted by molar-refractivity contribution is 0.204. The minimum atomic E-state index is 0.700. The van der Waals surface area contributed by atoms with Gasteiger partial charge in [0.15, 0.2) is 5.11 Å². The molecule has 17 heavy (non-hydrogen) atoms. The lowest BCUT2D eigenvalue weighted by Gasteiger charge is -2.21. The molecule has 0 aromatic heterocycles. The summed E-state index contributed by atoms with van der Waals surface area (Å²) in [4.78, 5) is 0. The van der Waals surface area contributed by atoms with Crippen LogP contribution in [0.5, 0.6) is 0 Å². The Hall–Kier alpha value is -0.350. The topological polar surface area (TPSA) is 33.3 Å². The van der Waals surface area contributed by atoms with Crippen molar-refractivity contribution in [2.24, 2.45) is 5.92 Å². The minimum Gasteiger partial charge on any atom is -0.383 e. The fraction of sp³-hybridized carbons (Fsp3) is 0.923. The highest BCUT2D eigenvalue weighted by atomic mass is 32.1. The van der Waals surface area contributed by atoms with Crippen molar-refractivity contribution in [3.8, 4) is 0 Å². The Kier molecular flexibility index (Phi) is 8.36. The molecule has 0 heterocycles. The third-order valence-corrected chi connectivity index (χ3v) is 3.66. The van der Waals surface area contributed by atoms with E-state index in [0.29, 0.717) is 6.61 Å². The highest BCUT2D eigenvalue weighted by Crippen LogP contribution is 2.21. The molecule has 0 unspecified atom stereocenters. The van der Waals surface area contributed by atoms with Gasteiger partial charge >= 0.3 is 0 Å². The quantitative estimate of drug-likeness (QED) is 0.586. The molecule has 0 radical (unpaired) electrons. The van der Waals surface area contributed by atoms with Gasteiger partial charge in [0.05, 0.1) is 6.61 Å². The highest BCUT2D eigenvalue weighted by molar-refractivity contribution is 7.80. The van der Waals surface area contributed by atoms with Gasteiger partial charge in [-0.3, -0.25) is 0 Å². The van der Waals surface area contributed by atoms with Crippen molar-refractivity contribution in [2.75, 3.05) is 26.8 Å². The van der Waals surface area contributed by atoms with Crippen molar-refractivity contribution in [1.29, 1.82) is 0 Å². The maximum absolute atomic E-state index is 5.22. The number of thiocarbonyl (C=S) groups is 1. The van der Waals surface area contributed by atoms with E-state index in [9.17, 15) is 0 Å². The maximum Gasteiger partial charge on any atom is 0.166 e. The summed E-state index contributed by atoms with van der Waals surface area (Å²) < 4.78 is 4.97. The lowest BCUT2D eigenvalue weighted by atomic mass is 9.91. The van der Waals surface area contributed by atoms with Crippen LogP contribution in [0.15, 0.2) is 0 Å². The summed E-state index contributed by atoms with van der Waals surface area (Å²) >= 11 is 5.22. The van der Waals surface area contributed by atoms with Gasteiger partial charge in [-0.15, -0.1) is 0 Å². The monoisotopic (exact) mass is 258 g/mol. The van der Waals surface area contributed by atoms with E-state index in [4.69, 9.17) is 17.0 Å². The molecular formula is C13H26N2OS. The molecule has 1 rings (SSSR count). The molecule has 1 aliphatic carbocycles. The summed E-state index contributed by atoms with van der Waals surface area (Å²) in [5.74, 6) is 0.803. The van der Waals surface area contributed by atoms with Crippen LogP contribution in [0.2, 0.25) is 0 Å². The van der Waals surface area contributed by atoms with Crippen LogP contribution in [-0.2, 0) is 4.74 Å². The van der Waals surface area contributed by atoms with E-state index < -0.39 is 0 Å². The Morgan fingerprint density at radius 2 is 1.76 bits per heavy atom. The van der Waals surface area contributed by atoms with Gasteiger partial charge in [0.2, 0.25) is 0 Å². The number of methoxy groups -OCH3 is 1. The van der Waals surface area contributed by atoms with Crippen molar-refractivity contribution < 1.29 is 4.74 Å². The Morgan fingerprint density at radius 3 is 2.41 bits per heavy atom. The third kappa shape index (κ3) is 7.55. The Balaban J connectivity index is 2.08. The van der Waals surface area contributed by atoms with E-state index in [-0.39, 0.29) is 0 Å². The van der Waals surface area contributed by atoms with Gasteiger partial charge < -0.3 is 15.4 Å². The second-order valence-electron chi connectivity index (χ2n) is 4.84.